The molecule has 1 heterocycles. The molecule has 0 bridgehead atoms. The van der Waals surface area contributed by atoms with Crippen molar-refractivity contribution in [3.05, 3.63) is 35.1 Å². The summed E-state index contributed by atoms with van der Waals surface area (Å²) in [6, 6.07) is 5.96. The summed E-state index contributed by atoms with van der Waals surface area (Å²) in [6.07, 6.45) is 0. The van der Waals surface area contributed by atoms with Gasteiger partial charge in [-0.3, -0.25) is 0 Å². The molecule has 7 heteroatoms. The molecule has 16 heavy (non-hydrogen) atoms. The van der Waals surface area contributed by atoms with Gasteiger partial charge in [-0.1, -0.05) is 23.5 Å². The Hall–Kier alpha value is -1.22. The van der Waals surface area contributed by atoms with Crippen LogP contribution >= 0.6 is 11.3 Å². The van der Waals surface area contributed by atoms with Crippen molar-refractivity contribution in [3.63, 3.8) is 0 Å². The molecule has 0 unspecified atom stereocenters. The van der Waals surface area contributed by atoms with Crippen LogP contribution in [0.15, 0.2) is 24.3 Å². The molecule has 0 radical (unpaired) electrons. The van der Waals surface area contributed by atoms with E-state index < -0.39 is 11.8 Å². The Kier molecular flexibility index (Phi) is 4.18. The Morgan fingerprint density at radius 3 is 2.56 bits per heavy atom. The number of rotatable bonds is 2. The number of aromatic nitrogens is 2. The van der Waals surface area contributed by atoms with E-state index in [1.165, 1.54) is 12.1 Å². The molecule has 2 rings (SSSR count). The molecular formula is C9H4FLiN2O2S. The van der Waals surface area contributed by atoms with Gasteiger partial charge in [0.1, 0.15) is 11.8 Å². The summed E-state index contributed by atoms with van der Waals surface area (Å²) < 4.78 is 13.3. The zero-order chi connectivity index (χ0) is 10.8. The molecule has 1 aromatic carbocycles. The van der Waals surface area contributed by atoms with Gasteiger partial charge in [0.2, 0.25) is 0 Å². The number of hydrogen-bond donors (Lipinski definition) is 0. The molecule has 0 spiro atoms. The Labute approximate surface area is 106 Å². The molecule has 0 aliphatic carbocycles. The van der Waals surface area contributed by atoms with Crippen molar-refractivity contribution >= 4 is 17.3 Å². The van der Waals surface area contributed by atoms with E-state index in [2.05, 4.69) is 10.2 Å². The van der Waals surface area contributed by atoms with E-state index in [1.54, 1.807) is 12.1 Å². The summed E-state index contributed by atoms with van der Waals surface area (Å²) in [6.45, 7) is 0. The van der Waals surface area contributed by atoms with Crippen molar-refractivity contribution in [1.82, 2.24) is 10.2 Å². The number of aromatic carboxylic acids is 1. The van der Waals surface area contributed by atoms with Crippen molar-refractivity contribution in [2.75, 3.05) is 0 Å². The first-order chi connectivity index (χ1) is 7.18. The van der Waals surface area contributed by atoms with Crippen LogP contribution in [0.1, 0.15) is 9.80 Å². The van der Waals surface area contributed by atoms with Crippen LogP contribution in [-0.4, -0.2) is 16.2 Å². The molecule has 4 nitrogen and oxygen atoms in total. The minimum absolute atomic E-state index is 0. The molecule has 76 valence electrons. The molecule has 2 aromatic rings. The maximum absolute atomic E-state index is 13.3. The summed E-state index contributed by atoms with van der Waals surface area (Å²) in [7, 11) is 0. The van der Waals surface area contributed by atoms with Gasteiger partial charge in [0.25, 0.3) is 0 Å². The number of carbonyl (C=O) groups is 1. The van der Waals surface area contributed by atoms with E-state index in [0.717, 1.165) is 11.3 Å². The third-order valence-electron chi connectivity index (χ3n) is 1.70. The summed E-state index contributed by atoms with van der Waals surface area (Å²) in [5, 5.41) is 17.4. The average molecular weight is 230 g/mol. The van der Waals surface area contributed by atoms with Gasteiger partial charge in [-0.15, -0.1) is 10.2 Å². The molecular weight excluding hydrogens is 226 g/mol. The zero-order valence-corrected chi connectivity index (χ0v) is 9.12. The first-order valence-corrected chi connectivity index (χ1v) is 4.80. The van der Waals surface area contributed by atoms with Crippen molar-refractivity contribution in [2.45, 2.75) is 0 Å². The van der Waals surface area contributed by atoms with Gasteiger partial charge in [0.05, 0.1) is 0 Å². The van der Waals surface area contributed by atoms with Gasteiger partial charge < -0.3 is 9.90 Å². The van der Waals surface area contributed by atoms with Crippen molar-refractivity contribution < 1.29 is 33.2 Å². The first kappa shape index (κ1) is 12.8. The standard InChI is InChI=1S/C9H5FN2O2S.Li/c10-6-4-2-1-3-5(6)7-11-12-8(15-7)9(13)14;/h1-4H,(H,13,14);/q;+1/p-1. The molecule has 0 saturated carbocycles. The van der Waals surface area contributed by atoms with Crippen LogP contribution in [0.3, 0.4) is 0 Å². The predicted molar refractivity (Wildman–Crippen MR) is 49.6 cm³/mol. The van der Waals surface area contributed by atoms with Crippen molar-refractivity contribution in [2.24, 2.45) is 0 Å². The zero-order valence-electron chi connectivity index (χ0n) is 8.31. The Morgan fingerprint density at radius 2 is 2.00 bits per heavy atom. The largest absolute Gasteiger partial charge is 1.00 e. The van der Waals surface area contributed by atoms with Crippen LogP contribution in [0, 0.1) is 5.82 Å². The molecule has 0 saturated heterocycles. The number of halogens is 1. The van der Waals surface area contributed by atoms with Gasteiger partial charge >= 0.3 is 18.9 Å². The number of benzene rings is 1. The third-order valence-corrected chi connectivity index (χ3v) is 2.64. The van der Waals surface area contributed by atoms with Crippen LogP contribution in [0.25, 0.3) is 10.6 Å². The van der Waals surface area contributed by atoms with Gasteiger partial charge in [-0.2, -0.15) is 0 Å². The molecule has 0 fully saturated rings. The van der Waals surface area contributed by atoms with E-state index in [9.17, 15) is 14.3 Å². The van der Waals surface area contributed by atoms with E-state index in [1.807, 2.05) is 0 Å². The topological polar surface area (TPSA) is 65.9 Å². The number of nitrogens with zero attached hydrogens (tertiary/aromatic N) is 2. The second kappa shape index (κ2) is 5.21. The number of carboxylic acid groups (broad SMARTS) is 1. The van der Waals surface area contributed by atoms with Gasteiger partial charge in [0.15, 0.2) is 10.0 Å². The molecule has 1 aromatic heterocycles. The second-order valence-electron chi connectivity index (χ2n) is 2.68. The van der Waals surface area contributed by atoms with Crippen LogP contribution in [0.2, 0.25) is 0 Å². The minimum atomic E-state index is -1.41. The van der Waals surface area contributed by atoms with Crippen molar-refractivity contribution in [3.8, 4) is 10.6 Å². The fourth-order valence-electron chi connectivity index (χ4n) is 1.05. The normalized spacial score (nSPS) is 9.56. The van der Waals surface area contributed by atoms with E-state index in [4.69, 9.17) is 0 Å². The Morgan fingerprint density at radius 1 is 1.31 bits per heavy atom. The smallest absolute Gasteiger partial charge is 0.542 e. The molecule has 0 atom stereocenters. The van der Waals surface area contributed by atoms with Crippen LogP contribution in [0.4, 0.5) is 4.39 Å². The molecule has 0 aliphatic rings. The third kappa shape index (κ3) is 2.47. The number of carboxylic acids is 1. The fraction of sp³-hybridized carbons (Fsp3) is 0. The van der Waals surface area contributed by atoms with Crippen LogP contribution in [-0.2, 0) is 0 Å². The minimum Gasteiger partial charge on any atom is -0.542 e. The quantitative estimate of drug-likeness (QED) is 0.545. The Bertz CT molecular complexity index is 518. The summed E-state index contributed by atoms with van der Waals surface area (Å²) >= 11 is 0.784. The summed E-state index contributed by atoms with van der Waals surface area (Å²) in [4.78, 5) is 10.4. The van der Waals surface area contributed by atoms with Crippen LogP contribution in [0.5, 0.6) is 0 Å². The maximum Gasteiger partial charge on any atom is 1.00 e. The predicted octanol–water partition coefficient (Wildman–Crippen LogP) is -2.29. The van der Waals surface area contributed by atoms with E-state index in [0.29, 0.717) is 0 Å². The summed E-state index contributed by atoms with van der Waals surface area (Å²) in [5.74, 6) is -1.87. The number of hydrogen-bond acceptors (Lipinski definition) is 5. The maximum atomic E-state index is 13.3. The number of carbonyl (C=O) groups excluding carboxylic acids is 1. The monoisotopic (exact) mass is 230 g/mol. The summed E-state index contributed by atoms with van der Waals surface area (Å²) in [5.41, 5.74) is 0.238. The Balaban J connectivity index is 0.00000128. The second-order valence-corrected chi connectivity index (χ2v) is 3.66. The van der Waals surface area contributed by atoms with Gasteiger partial charge in [0, 0.05) is 5.56 Å². The molecule has 0 N–H and O–H groups in total. The van der Waals surface area contributed by atoms with Crippen molar-refractivity contribution in [1.29, 1.82) is 0 Å². The van der Waals surface area contributed by atoms with Gasteiger partial charge in [-0.05, 0) is 12.1 Å². The van der Waals surface area contributed by atoms with E-state index >= 15 is 0 Å². The van der Waals surface area contributed by atoms with Crippen LogP contribution < -0.4 is 24.0 Å². The SMILES string of the molecule is O=C([O-])c1nnc(-c2ccccc2F)s1.[Li+]. The van der Waals surface area contributed by atoms with E-state index in [-0.39, 0.29) is 34.4 Å². The molecule has 0 aliphatic heterocycles. The first-order valence-electron chi connectivity index (χ1n) is 3.98. The van der Waals surface area contributed by atoms with Gasteiger partial charge in [-0.25, -0.2) is 4.39 Å². The fourth-order valence-corrected chi connectivity index (χ4v) is 1.75. The average Bonchev–Trinajstić information content (AvgIpc) is 2.67. The molecule has 0 amide bonds.